The number of nitrogen functional groups attached to an aromatic ring is 2. The second-order valence-electron chi connectivity index (χ2n) is 4.05. The van der Waals surface area contributed by atoms with Crippen molar-refractivity contribution in [3.05, 3.63) is 6.33 Å². The zero-order chi connectivity index (χ0) is 11.7. The van der Waals surface area contributed by atoms with Crippen molar-refractivity contribution in [1.29, 1.82) is 0 Å². The third kappa shape index (κ3) is 1.78. The highest BCUT2D eigenvalue weighted by atomic mass is 15.2. The van der Waals surface area contributed by atoms with Gasteiger partial charge in [-0.05, 0) is 5.92 Å². The van der Waals surface area contributed by atoms with Gasteiger partial charge >= 0.3 is 0 Å². The molecule has 2 aromatic heterocycles. The summed E-state index contributed by atoms with van der Waals surface area (Å²) in [5.74, 6) is 1.09. The van der Waals surface area contributed by atoms with Crippen LogP contribution in [-0.4, -0.2) is 19.5 Å². The van der Waals surface area contributed by atoms with Crippen molar-refractivity contribution in [3.63, 3.8) is 0 Å². The normalized spacial score (nSPS) is 13.1. The Hall–Kier alpha value is -1.85. The molecule has 2 heterocycles. The van der Waals surface area contributed by atoms with Crippen LogP contribution in [0.1, 0.15) is 20.3 Å². The molecule has 0 radical (unpaired) electrons. The summed E-state index contributed by atoms with van der Waals surface area (Å²) in [5, 5.41) is 0. The lowest BCUT2D eigenvalue weighted by atomic mass is 10.1. The molecule has 0 amide bonds. The van der Waals surface area contributed by atoms with Crippen molar-refractivity contribution >= 4 is 22.9 Å². The van der Waals surface area contributed by atoms with Crippen LogP contribution in [0.25, 0.3) is 11.2 Å². The van der Waals surface area contributed by atoms with Crippen LogP contribution < -0.4 is 11.5 Å². The summed E-state index contributed by atoms with van der Waals surface area (Å²) < 4.78 is 1.97. The Bertz CT molecular complexity index is 503. The maximum Gasteiger partial charge on any atom is 0.224 e. The molecule has 0 saturated carbocycles. The van der Waals surface area contributed by atoms with Crippen LogP contribution in [0.3, 0.4) is 0 Å². The average molecular weight is 220 g/mol. The van der Waals surface area contributed by atoms with Crippen molar-refractivity contribution in [2.75, 3.05) is 11.5 Å². The van der Waals surface area contributed by atoms with Crippen LogP contribution in [0.15, 0.2) is 6.33 Å². The van der Waals surface area contributed by atoms with E-state index >= 15 is 0 Å². The van der Waals surface area contributed by atoms with E-state index in [0.717, 1.165) is 13.0 Å². The summed E-state index contributed by atoms with van der Waals surface area (Å²) in [4.78, 5) is 12.3. The first-order valence-electron chi connectivity index (χ1n) is 5.35. The van der Waals surface area contributed by atoms with Gasteiger partial charge in [-0.1, -0.05) is 20.3 Å². The molecule has 6 nitrogen and oxygen atoms in total. The first-order chi connectivity index (χ1) is 7.61. The molecule has 0 aromatic carbocycles. The minimum absolute atomic E-state index is 0.191. The number of aromatic nitrogens is 4. The van der Waals surface area contributed by atoms with Crippen LogP contribution in [0.2, 0.25) is 0 Å². The first kappa shape index (κ1) is 10.7. The predicted octanol–water partition coefficient (Wildman–Crippen LogP) is 1.04. The van der Waals surface area contributed by atoms with E-state index in [-0.39, 0.29) is 5.95 Å². The molecule has 0 bridgehead atoms. The Labute approximate surface area is 93.7 Å². The fourth-order valence-electron chi connectivity index (χ4n) is 1.58. The lowest BCUT2D eigenvalue weighted by Crippen LogP contribution is -2.08. The molecular formula is C10H16N6. The summed E-state index contributed by atoms with van der Waals surface area (Å²) in [5.41, 5.74) is 12.6. The Balaban J connectivity index is 2.47. The van der Waals surface area contributed by atoms with E-state index in [1.54, 1.807) is 6.33 Å². The highest BCUT2D eigenvalue weighted by molar-refractivity contribution is 5.82. The van der Waals surface area contributed by atoms with Gasteiger partial charge in [-0.15, -0.1) is 0 Å². The van der Waals surface area contributed by atoms with Crippen molar-refractivity contribution in [3.8, 4) is 0 Å². The van der Waals surface area contributed by atoms with E-state index in [1.807, 2.05) is 4.57 Å². The maximum absolute atomic E-state index is 5.73. The summed E-state index contributed by atoms with van der Waals surface area (Å²) >= 11 is 0. The van der Waals surface area contributed by atoms with E-state index in [2.05, 4.69) is 28.8 Å². The number of nitrogens with two attached hydrogens (primary N) is 2. The van der Waals surface area contributed by atoms with Gasteiger partial charge in [-0.2, -0.15) is 9.97 Å². The number of anilines is 2. The van der Waals surface area contributed by atoms with Crippen molar-refractivity contribution in [2.45, 2.75) is 26.8 Å². The first-order valence-corrected chi connectivity index (χ1v) is 5.35. The van der Waals surface area contributed by atoms with Gasteiger partial charge in [0.1, 0.15) is 5.52 Å². The minimum atomic E-state index is 0.191. The molecule has 1 atom stereocenters. The Morgan fingerprint density at radius 3 is 2.81 bits per heavy atom. The Morgan fingerprint density at radius 1 is 1.38 bits per heavy atom. The number of hydrogen-bond acceptors (Lipinski definition) is 5. The van der Waals surface area contributed by atoms with E-state index < -0.39 is 0 Å². The van der Waals surface area contributed by atoms with Gasteiger partial charge in [0.05, 0.1) is 6.33 Å². The van der Waals surface area contributed by atoms with Gasteiger partial charge in [0, 0.05) is 6.54 Å². The molecule has 0 aliphatic rings. The molecule has 0 spiro atoms. The number of rotatable bonds is 3. The SMILES string of the molecule is CCC(C)Cn1cnc2c(N)nc(N)nc21. The van der Waals surface area contributed by atoms with Gasteiger partial charge < -0.3 is 16.0 Å². The quantitative estimate of drug-likeness (QED) is 0.805. The molecular weight excluding hydrogens is 204 g/mol. The lowest BCUT2D eigenvalue weighted by Gasteiger charge is -2.09. The summed E-state index contributed by atoms with van der Waals surface area (Å²) in [7, 11) is 0. The van der Waals surface area contributed by atoms with E-state index in [4.69, 9.17) is 11.5 Å². The van der Waals surface area contributed by atoms with Crippen LogP contribution in [-0.2, 0) is 6.54 Å². The van der Waals surface area contributed by atoms with Crippen molar-refractivity contribution in [1.82, 2.24) is 19.5 Å². The topological polar surface area (TPSA) is 95.6 Å². The van der Waals surface area contributed by atoms with Gasteiger partial charge in [0.2, 0.25) is 5.95 Å². The summed E-state index contributed by atoms with van der Waals surface area (Å²) in [6.45, 7) is 5.20. The van der Waals surface area contributed by atoms with Gasteiger partial charge in [0.15, 0.2) is 11.5 Å². The number of hydrogen-bond donors (Lipinski definition) is 2. The van der Waals surface area contributed by atoms with Crippen LogP contribution in [0.5, 0.6) is 0 Å². The van der Waals surface area contributed by atoms with E-state index in [1.165, 1.54) is 0 Å². The third-order valence-electron chi connectivity index (χ3n) is 2.71. The van der Waals surface area contributed by atoms with E-state index in [9.17, 15) is 0 Å². The molecule has 86 valence electrons. The van der Waals surface area contributed by atoms with E-state index in [0.29, 0.717) is 22.9 Å². The fourth-order valence-corrected chi connectivity index (χ4v) is 1.58. The smallest absolute Gasteiger partial charge is 0.224 e. The zero-order valence-corrected chi connectivity index (χ0v) is 9.51. The second kappa shape index (κ2) is 3.96. The van der Waals surface area contributed by atoms with Gasteiger partial charge in [0.25, 0.3) is 0 Å². The molecule has 1 unspecified atom stereocenters. The molecule has 16 heavy (non-hydrogen) atoms. The monoisotopic (exact) mass is 220 g/mol. The fraction of sp³-hybridized carbons (Fsp3) is 0.500. The van der Waals surface area contributed by atoms with Crippen molar-refractivity contribution < 1.29 is 0 Å². The van der Waals surface area contributed by atoms with Gasteiger partial charge in [-0.25, -0.2) is 4.98 Å². The number of imidazole rings is 1. The molecule has 0 aliphatic carbocycles. The highest BCUT2D eigenvalue weighted by Gasteiger charge is 2.11. The Morgan fingerprint density at radius 2 is 2.12 bits per heavy atom. The number of fused-ring (bicyclic) bond motifs is 1. The largest absolute Gasteiger partial charge is 0.382 e. The summed E-state index contributed by atoms with van der Waals surface area (Å²) in [6.07, 6.45) is 2.84. The molecule has 6 heteroatoms. The third-order valence-corrected chi connectivity index (χ3v) is 2.71. The van der Waals surface area contributed by atoms with Crippen LogP contribution in [0.4, 0.5) is 11.8 Å². The lowest BCUT2D eigenvalue weighted by molar-refractivity contribution is 0.474. The summed E-state index contributed by atoms with van der Waals surface area (Å²) in [6, 6.07) is 0. The van der Waals surface area contributed by atoms with Crippen LogP contribution >= 0.6 is 0 Å². The maximum atomic E-state index is 5.73. The number of nitrogens with zero attached hydrogens (tertiary/aromatic N) is 4. The molecule has 0 fully saturated rings. The standard InChI is InChI=1S/C10H16N6/c1-3-6(2)4-16-5-13-7-8(11)14-10(12)15-9(7)16/h5-6H,3-4H2,1-2H3,(H4,11,12,14,15). The zero-order valence-electron chi connectivity index (χ0n) is 9.51. The minimum Gasteiger partial charge on any atom is -0.382 e. The second-order valence-corrected chi connectivity index (χ2v) is 4.05. The molecule has 2 aromatic rings. The molecule has 2 rings (SSSR count). The predicted molar refractivity (Wildman–Crippen MR) is 63.6 cm³/mol. The average Bonchev–Trinajstić information content (AvgIpc) is 2.61. The van der Waals surface area contributed by atoms with Crippen molar-refractivity contribution in [2.24, 2.45) is 5.92 Å². The molecule has 0 aliphatic heterocycles. The Kier molecular flexibility index (Phi) is 2.64. The highest BCUT2D eigenvalue weighted by Crippen LogP contribution is 2.18. The van der Waals surface area contributed by atoms with Gasteiger partial charge in [-0.3, -0.25) is 0 Å². The van der Waals surface area contributed by atoms with Crippen LogP contribution in [0, 0.1) is 5.92 Å². The molecule has 4 N–H and O–H groups in total. The molecule has 0 saturated heterocycles.